The highest BCUT2D eigenvalue weighted by atomic mass is 16.7. The van der Waals surface area contributed by atoms with Crippen LogP contribution in [-0.4, -0.2) is 24.3 Å². The monoisotopic (exact) mass is 410 g/mol. The zero-order chi connectivity index (χ0) is 20.9. The molecule has 0 N–H and O–H groups in total. The number of hydrogen-bond acceptors (Lipinski definition) is 3. The molecule has 0 aromatic carbocycles. The Kier molecular flexibility index (Phi) is 4.15. The molecule has 30 heavy (non-hydrogen) atoms. The molecule has 0 bridgehead atoms. The van der Waals surface area contributed by atoms with E-state index in [9.17, 15) is 4.79 Å². The molecule has 164 valence electrons. The van der Waals surface area contributed by atoms with Gasteiger partial charge in [-0.3, -0.25) is 4.79 Å². The van der Waals surface area contributed by atoms with Crippen molar-refractivity contribution in [2.24, 2.45) is 46.3 Å². The first kappa shape index (κ1) is 19.7. The Bertz CT molecular complexity index is 818. The van der Waals surface area contributed by atoms with Crippen molar-refractivity contribution in [2.75, 3.05) is 6.61 Å². The van der Waals surface area contributed by atoms with E-state index in [1.807, 2.05) is 12.2 Å². The predicted octanol–water partition coefficient (Wildman–Crippen LogP) is 5.70. The van der Waals surface area contributed by atoms with Gasteiger partial charge in [0, 0.05) is 17.8 Å². The summed E-state index contributed by atoms with van der Waals surface area (Å²) in [5.41, 5.74) is 1.85. The topological polar surface area (TPSA) is 35.5 Å². The molecule has 1 spiro atoms. The summed E-state index contributed by atoms with van der Waals surface area (Å²) in [6, 6.07) is 0. The summed E-state index contributed by atoms with van der Waals surface area (Å²) in [5.74, 6) is 3.83. The standard InChI is InChI=1S/C27H38O3/c1-16-7-12-27(29-15-16)17(2)24-23(30-27)14-22-20-6-5-18-13-19(28)8-10-25(18,3)21(20)9-11-26(22,24)4/h8,10,13,16-17,20-24H,5-7,9,11-12,14-15H2,1-4H3/t16-,17+,20-,21+,22-,23-,24-,25+,26+,27+/m1/s1. The van der Waals surface area contributed by atoms with Gasteiger partial charge in [-0.15, -0.1) is 0 Å². The third-order valence-electron chi connectivity index (χ3n) is 10.8. The predicted molar refractivity (Wildman–Crippen MR) is 117 cm³/mol. The summed E-state index contributed by atoms with van der Waals surface area (Å²) in [6.45, 7) is 10.6. The average molecular weight is 411 g/mol. The lowest BCUT2D eigenvalue weighted by Crippen LogP contribution is -2.52. The zero-order valence-electron chi connectivity index (χ0n) is 19.2. The number of rotatable bonds is 0. The lowest BCUT2D eigenvalue weighted by molar-refractivity contribution is -0.272. The van der Waals surface area contributed by atoms with Crippen molar-refractivity contribution in [1.29, 1.82) is 0 Å². The second kappa shape index (κ2) is 6.32. The first-order valence-corrected chi connectivity index (χ1v) is 12.5. The second-order valence-electron chi connectivity index (χ2n) is 12.1. The highest BCUT2D eigenvalue weighted by Crippen LogP contribution is 2.70. The number of fused-ring (bicyclic) bond motifs is 7. The van der Waals surface area contributed by atoms with E-state index in [4.69, 9.17) is 9.47 Å². The third-order valence-corrected chi connectivity index (χ3v) is 10.8. The van der Waals surface area contributed by atoms with Crippen LogP contribution in [0.4, 0.5) is 0 Å². The molecule has 0 aromatic heterocycles. The Morgan fingerprint density at radius 2 is 1.90 bits per heavy atom. The molecule has 0 radical (unpaired) electrons. The number of hydrogen-bond donors (Lipinski definition) is 0. The fourth-order valence-electron chi connectivity index (χ4n) is 9.21. The lowest BCUT2D eigenvalue weighted by atomic mass is 9.47. The molecule has 3 nitrogen and oxygen atoms in total. The highest BCUT2D eigenvalue weighted by molar-refractivity contribution is 6.01. The molecular formula is C27H38O3. The SMILES string of the molecule is C[C@@H]1CC[C@]2(OC1)O[C@@H]1C[C@@H]3[C@@H]4CCC5=CC(=O)C=C[C@]5(C)[C@H]4CC[C@]3(C)[C@@H]1[C@@H]2C. The van der Waals surface area contributed by atoms with Crippen molar-refractivity contribution in [3.05, 3.63) is 23.8 Å². The largest absolute Gasteiger partial charge is 0.349 e. The molecular weight excluding hydrogens is 372 g/mol. The van der Waals surface area contributed by atoms with Crippen LogP contribution in [0.5, 0.6) is 0 Å². The summed E-state index contributed by atoms with van der Waals surface area (Å²) in [5, 5.41) is 0. The Labute approximate surface area is 181 Å². The Hall–Kier alpha value is -0.930. The smallest absolute Gasteiger partial charge is 0.178 e. The van der Waals surface area contributed by atoms with Crippen LogP contribution in [0.2, 0.25) is 0 Å². The lowest BCUT2D eigenvalue weighted by Gasteiger charge is -2.57. The molecule has 2 saturated heterocycles. The molecule has 6 rings (SSSR count). The van der Waals surface area contributed by atoms with E-state index in [0.29, 0.717) is 35.2 Å². The fourth-order valence-corrected chi connectivity index (χ4v) is 9.21. The second-order valence-corrected chi connectivity index (χ2v) is 12.1. The molecule has 2 heterocycles. The summed E-state index contributed by atoms with van der Waals surface area (Å²) in [4.78, 5) is 12.0. The van der Waals surface area contributed by atoms with Gasteiger partial charge >= 0.3 is 0 Å². The highest BCUT2D eigenvalue weighted by Gasteiger charge is 2.68. The van der Waals surface area contributed by atoms with Crippen molar-refractivity contribution in [2.45, 2.75) is 84.5 Å². The third kappa shape index (κ3) is 2.43. The van der Waals surface area contributed by atoms with Crippen LogP contribution >= 0.6 is 0 Å². The van der Waals surface area contributed by atoms with Gasteiger partial charge in [-0.05, 0) is 85.7 Å². The quantitative estimate of drug-likeness (QED) is 0.514. The van der Waals surface area contributed by atoms with Crippen molar-refractivity contribution in [3.63, 3.8) is 0 Å². The van der Waals surface area contributed by atoms with Gasteiger partial charge in [0.05, 0.1) is 12.7 Å². The minimum atomic E-state index is -0.312. The average Bonchev–Trinajstić information content (AvgIpc) is 3.16. The van der Waals surface area contributed by atoms with E-state index in [2.05, 4.69) is 33.8 Å². The number of carbonyl (C=O) groups excluding carboxylic acids is 1. The van der Waals surface area contributed by atoms with Gasteiger partial charge < -0.3 is 9.47 Å². The van der Waals surface area contributed by atoms with Gasteiger partial charge in [0.15, 0.2) is 11.6 Å². The van der Waals surface area contributed by atoms with E-state index in [1.165, 1.54) is 37.7 Å². The Balaban J connectivity index is 1.29. The van der Waals surface area contributed by atoms with Gasteiger partial charge in [-0.1, -0.05) is 39.3 Å². The summed E-state index contributed by atoms with van der Waals surface area (Å²) < 4.78 is 13.3. The molecule has 0 amide bonds. The fraction of sp³-hybridized carbons (Fsp3) is 0.815. The van der Waals surface area contributed by atoms with Crippen molar-refractivity contribution in [1.82, 2.24) is 0 Å². The maximum atomic E-state index is 12.0. The van der Waals surface area contributed by atoms with E-state index in [1.54, 1.807) is 0 Å². The van der Waals surface area contributed by atoms with Crippen LogP contribution < -0.4 is 0 Å². The minimum absolute atomic E-state index is 0.0895. The summed E-state index contributed by atoms with van der Waals surface area (Å²) in [7, 11) is 0. The van der Waals surface area contributed by atoms with E-state index in [0.717, 1.165) is 31.3 Å². The normalized spacial score (nSPS) is 56.9. The summed E-state index contributed by atoms with van der Waals surface area (Å²) >= 11 is 0. The van der Waals surface area contributed by atoms with Crippen LogP contribution in [0, 0.1) is 46.3 Å². The maximum Gasteiger partial charge on any atom is 0.178 e. The van der Waals surface area contributed by atoms with Gasteiger partial charge in [-0.2, -0.15) is 0 Å². The maximum absolute atomic E-state index is 12.0. The molecule has 6 aliphatic rings. The van der Waals surface area contributed by atoms with Crippen LogP contribution in [-0.2, 0) is 14.3 Å². The van der Waals surface area contributed by atoms with Crippen LogP contribution in [0.15, 0.2) is 23.8 Å². The Morgan fingerprint density at radius 3 is 2.67 bits per heavy atom. The van der Waals surface area contributed by atoms with Crippen LogP contribution in [0.1, 0.15) is 72.6 Å². The first-order valence-electron chi connectivity index (χ1n) is 12.5. The first-order chi connectivity index (χ1) is 14.3. The molecule has 5 fully saturated rings. The van der Waals surface area contributed by atoms with Crippen molar-refractivity contribution < 1.29 is 14.3 Å². The van der Waals surface area contributed by atoms with E-state index >= 15 is 0 Å². The molecule has 0 aromatic rings. The molecule has 3 heteroatoms. The van der Waals surface area contributed by atoms with Crippen LogP contribution in [0.3, 0.4) is 0 Å². The number of ketones is 1. The van der Waals surface area contributed by atoms with E-state index in [-0.39, 0.29) is 17.0 Å². The van der Waals surface area contributed by atoms with Gasteiger partial charge in [0.1, 0.15) is 0 Å². The van der Waals surface area contributed by atoms with Gasteiger partial charge in [-0.25, -0.2) is 0 Å². The van der Waals surface area contributed by atoms with E-state index < -0.39 is 0 Å². The minimum Gasteiger partial charge on any atom is -0.349 e. The molecule has 4 aliphatic carbocycles. The molecule has 0 unspecified atom stereocenters. The molecule has 2 aliphatic heterocycles. The number of allylic oxidation sites excluding steroid dienone is 4. The number of carbonyl (C=O) groups is 1. The van der Waals surface area contributed by atoms with Gasteiger partial charge in [0.25, 0.3) is 0 Å². The number of ether oxygens (including phenoxy) is 2. The zero-order valence-corrected chi connectivity index (χ0v) is 19.2. The van der Waals surface area contributed by atoms with Gasteiger partial charge in [0.2, 0.25) is 0 Å². The van der Waals surface area contributed by atoms with Crippen molar-refractivity contribution >= 4 is 5.78 Å². The molecule has 3 saturated carbocycles. The molecule has 10 atom stereocenters. The summed E-state index contributed by atoms with van der Waals surface area (Å²) in [6.07, 6.45) is 14.8. The Morgan fingerprint density at radius 1 is 1.07 bits per heavy atom. The van der Waals surface area contributed by atoms with Crippen LogP contribution in [0.25, 0.3) is 0 Å². The van der Waals surface area contributed by atoms with Crippen molar-refractivity contribution in [3.8, 4) is 0 Å².